The Hall–Kier alpha value is -2.74. The van der Waals surface area contributed by atoms with Gasteiger partial charge < -0.3 is 14.4 Å². The predicted octanol–water partition coefficient (Wildman–Crippen LogP) is 3.80. The summed E-state index contributed by atoms with van der Waals surface area (Å²) >= 11 is 5.29. The van der Waals surface area contributed by atoms with Gasteiger partial charge in [-0.15, -0.1) is 8.78 Å². The number of ether oxygens (including phenoxy) is 2. The molecule has 0 bridgehead atoms. The second kappa shape index (κ2) is 5.96. The van der Waals surface area contributed by atoms with Gasteiger partial charge in [-0.2, -0.15) is 0 Å². The van der Waals surface area contributed by atoms with Gasteiger partial charge in [0.25, 0.3) is 11.1 Å². The van der Waals surface area contributed by atoms with Crippen LogP contribution in [0.15, 0.2) is 36.4 Å². The average molecular weight is 372 g/mol. The topological polar surface area (TPSA) is 55.8 Å². The zero-order valence-corrected chi connectivity index (χ0v) is 13.3. The smallest absolute Gasteiger partial charge is 0.395 e. The first kappa shape index (κ1) is 17.1. The average Bonchev–Trinajstić information content (AvgIpc) is 2.86. The van der Waals surface area contributed by atoms with Crippen molar-refractivity contribution in [1.29, 1.82) is 0 Å². The Labute approximate surface area is 144 Å². The molecule has 1 aliphatic rings. The van der Waals surface area contributed by atoms with Crippen LogP contribution in [-0.2, 0) is 0 Å². The van der Waals surface area contributed by atoms with Crippen LogP contribution >= 0.6 is 11.6 Å². The maximum atomic E-state index is 14.3. The fourth-order valence-electron chi connectivity index (χ4n) is 2.32. The van der Waals surface area contributed by atoms with Crippen molar-refractivity contribution < 1.29 is 32.2 Å². The number of hydrogen-bond acceptors (Lipinski definition) is 4. The summed E-state index contributed by atoms with van der Waals surface area (Å²) in [6, 6.07) is 7.25. The monoisotopic (exact) mass is 371 g/mol. The maximum absolute atomic E-state index is 14.3. The number of alkyl halides is 2. The van der Waals surface area contributed by atoms with E-state index in [1.807, 2.05) is 0 Å². The van der Waals surface area contributed by atoms with E-state index in [9.17, 15) is 22.8 Å². The third-order valence-corrected chi connectivity index (χ3v) is 3.71. The predicted molar refractivity (Wildman–Crippen MR) is 82.0 cm³/mol. The Bertz CT molecular complexity index is 888. The normalized spacial score (nSPS) is 14.3. The summed E-state index contributed by atoms with van der Waals surface area (Å²) in [6.07, 6.45) is -3.81. The minimum absolute atomic E-state index is 0.0375. The molecule has 2 aromatic rings. The van der Waals surface area contributed by atoms with Crippen molar-refractivity contribution >= 4 is 28.4 Å². The number of hydrogen-bond donors (Lipinski definition) is 0. The first-order valence-corrected chi connectivity index (χ1v) is 7.24. The van der Waals surface area contributed by atoms with Crippen LogP contribution in [0.2, 0.25) is 0 Å². The van der Waals surface area contributed by atoms with Crippen molar-refractivity contribution in [1.82, 2.24) is 0 Å². The van der Waals surface area contributed by atoms with Gasteiger partial charge in [-0.1, -0.05) is 6.07 Å². The molecule has 1 heterocycles. The van der Waals surface area contributed by atoms with Gasteiger partial charge in [-0.25, -0.2) is 4.39 Å². The molecule has 130 valence electrons. The highest BCUT2D eigenvalue weighted by molar-refractivity contribution is 6.67. The minimum atomic E-state index is -3.81. The first-order valence-electron chi connectivity index (χ1n) is 6.86. The second-order valence-electron chi connectivity index (χ2n) is 5.11. The molecule has 5 nitrogen and oxygen atoms in total. The number of anilines is 1. The second-order valence-corrected chi connectivity index (χ2v) is 5.45. The van der Waals surface area contributed by atoms with E-state index in [-0.39, 0.29) is 28.3 Å². The van der Waals surface area contributed by atoms with Crippen molar-refractivity contribution in [3.05, 3.63) is 53.3 Å². The lowest BCUT2D eigenvalue weighted by Crippen LogP contribution is -2.27. The third kappa shape index (κ3) is 3.12. The van der Waals surface area contributed by atoms with Crippen molar-refractivity contribution in [3.63, 3.8) is 0 Å². The molecule has 0 saturated carbocycles. The Morgan fingerprint density at radius 3 is 2.48 bits per heavy atom. The lowest BCUT2D eigenvalue weighted by atomic mass is 10.1. The molecule has 0 fully saturated rings. The van der Waals surface area contributed by atoms with Gasteiger partial charge in [0.05, 0.1) is 11.3 Å². The molecule has 3 rings (SSSR count). The molecular formula is C16H9ClF3NO4. The molecular weight excluding hydrogens is 363 g/mol. The van der Waals surface area contributed by atoms with Crippen LogP contribution < -0.4 is 14.4 Å². The van der Waals surface area contributed by atoms with E-state index in [0.29, 0.717) is 0 Å². The quantitative estimate of drug-likeness (QED) is 0.770. The van der Waals surface area contributed by atoms with Crippen molar-refractivity contribution in [2.75, 3.05) is 11.9 Å². The molecule has 1 aliphatic heterocycles. The molecule has 0 spiro atoms. The van der Waals surface area contributed by atoms with Crippen molar-refractivity contribution in [2.45, 2.75) is 6.29 Å². The first-order chi connectivity index (χ1) is 11.7. The number of rotatable bonds is 3. The van der Waals surface area contributed by atoms with Crippen molar-refractivity contribution in [2.24, 2.45) is 0 Å². The number of carbonyl (C=O) groups excluding carboxylic acids is 2. The molecule has 0 atom stereocenters. The van der Waals surface area contributed by atoms with E-state index < -0.39 is 23.3 Å². The van der Waals surface area contributed by atoms with E-state index in [2.05, 4.69) is 9.47 Å². The Morgan fingerprint density at radius 1 is 1.12 bits per heavy atom. The zero-order valence-electron chi connectivity index (χ0n) is 12.6. The van der Waals surface area contributed by atoms with Crippen LogP contribution in [0.3, 0.4) is 0 Å². The van der Waals surface area contributed by atoms with E-state index in [4.69, 9.17) is 11.6 Å². The number of amides is 1. The SMILES string of the molecule is CN(C(=O)c1ccc2c(c1)OC(F)(F)O2)c1cccc(C(=O)Cl)c1F. The van der Waals surface area contributed by atoms with Crippen LogP contribution in [-0.4, -0.2) is 24.5 Å². The lowest BCUT2D eigenvalue weighted by molar-refractivity contribution is -0.286. The maximum Gasteiger partial charge on any atom is 0.586 e. The fourth-order valence-corrected chi connectivity index (χ4v) is 2.46. The molecule has 25 heavy (non-hydrogen) atoms. The molecule has 0 aliphatic carbocycles. The molecule has 0 unspecified atom stereocenters. The van der Waals surface area contributed by atoms with Crippen LogP contribution in [0.1, 0.15) is 20.7 Å². The summed E-state index contributed by atoms with van der Waals surface area (Å²) in [5.41, 5.74) is -0.617. The largest absolute Gasteiger partial charge is 0.586 e. The summed E-state index contributed by atoms with van der Waals surface area (Å²) in [4.78, 5) is 24.6. The summed E-state index contributed by atoms with van der Waals surface area (Å²) in [5.74, 6) is -2.20. The number of halogens is 4. The molecule has 2 aromatic carbocycles. The Morgan fingerprint density at radius 2 is 1.80 bits per heavy atom. The highest BCUT2D eigenvalue weighted by Gasteiger charge is 2.43. The Kier molecular flexibility index (Phi) is 4.08. The fraction of sp³-hybridized carbons (Fsp3) is 0.125. The van der Waals surface area contributed by atoms with Crippen LogP contribution in [0.5, 0.6) is 11.5 Å². The van der Waals surface area contributed by atoms with E-state index >= 15 is 0 Å². The summed E-state index contributed by atoms with van der Waals surface area (Å²) < 4.78 is 48.9. The summed E-state index contributed by atoms with van der Waals surface area (Å²) in [6.45, 7) is 0. The molecule has 9 heteroatoms. The summed E-state index contributed by atoms with van der Waals surface area (Å²) in [5, 5.41) is -1.01. The van der Waals surface area contributed by atoms with Crippen LogP contribution in [0.4, 0.5) is 18.9 Å². The van der Waals surface area contributed by atoms with E-state index in [1.54, 1.807) is 0 Å². The van der Waals surface area contributed by atoms with Crippen LogP contribution in [0, 0.1) is 5.82 Å². The van der Waals surface area contributed by atoms with Crippen LogP contribution in [0.25, 0.3) is 0 Å². The van der Waals surface area contributed by atoms with Gasteiger partial charge in [0, 0.05) is 12.6 Å². The molecule has 0 N–H and O–H groups in total. The van der Waals surface area contributed by atoms with Gasteiger partial charge in [0.1, 0.15) is 0 Å². The van der Waals surface area contributed by atoms with Gasteiger partial charge in [-0.05, 0) is 41.9 Å². The van der Waals surface area contributed by atoms with Gasteiger partial charge in [0.2, 0.25) is 0 Å². The van der Waals surface area contributed by atoms with E-state index in [0.717, 1.165) is 17.0 Å². The van der Waals surface area contributed by atoms with Gasteiger partial charge >= 0.3 is 6.29 Å². The number of fused-ring (bicyclic) bond motifs is 1. The number of carbonyl (C=O) groups is 2. The number of nitrogens with zero attached hydrogens (tertiary/aromatic N) is 1. The summed E-state index contributed by atoms with van der Waals surface area (Å²) in [7, 11) is 1.27. The van der Waals surface area contributed by atoms with Gasteiger partial charge in [-0.3, -0.25) is 9.59 Å². The minimum Gasteiger partial charge on any atom is -0.395 e. The molecule has 0 radical (unpaired) electrons. The van der Waals surface area contributed by atoms with Gasteiger partial charge in [0.15, 0.2) is 17.3 Å². The molecule has 0 saturated heterocycles. The Balaban J connectivity index is 1.92. The highest BCUT2D eigenvalue weighted by atomic mass is 35.5. The molecule has 1 amide bonds. The third-order valence-electron chi connectivity index (χ3n) is 3.50. The van der Waals surface area contributed by atoms with Crippen molar-refractivity contribution in [3.8, 4) is 11.5 Å². The van der Waals surface area contributed by atoms with E-state index in [1.165, 1.54) is 31.3 Å². The number of benzene rings is 2. The molecule has 0 aromatic heterocycles. The highest BCUT2D eigenvalue weighted by Crippen LogP contribution is 2.41. The lowest BCUT2D eigenvalue weighted by Gasteiger charge is -2.19. The standard InChI is InChI=1S/C16H9ClF3NO4/c1-21(10-4-2-3-9(13(10)18)14(17)22)15(23)8-5-6-11-12(7-8)25-16(19,20)24-11/h2-7H,1H3. The zero-order chi connectivity index (χ0) is 18.4.